The van der Waals surface area contributed by atoms with Gasteiger partial charge in [0.2, 0.25) is 5.91 Å². The number of benzene rings is 1. The highest BCUT2D eigenvalue weighted by Crippen LogP contribution is 2.52. The quantitative estimate of drug-likeness (QED) is 0.578. The van der Waals surface area contributed by atoms with Crippen LogP contribution in [0.3, 0.4) is 0 Å². The third kappa shape index (κ3) is 3.25. The fraction of sp³-hybridized carbons (Fsp3) is 0.259. The molecule has 6 heteroatoms. The first-order valence-electron chi connectivity index (χ1n) is 11.3. The van der Waals surface area contributed by atoms with E-state index in [1.807, 2.05) is 41.3 Å². The molecule has 1 amide bonds. The fourth-order valence-corrected chi connectivity index (χ4v) is 5.12. The molecule has 2 aliphatic heterocycles. The third-order valence-corrected chi connectivity index (χ3v) is 7.10. The van der Waals surface area contributed by atoms with Crippen LogP contribution < -0.4 is 0 Å². The van der Waals surface area contributed by atoms with Crippen molar-refractivity contribution in [3.8, 4) is 0 Å². The van der Waals surface area contributed by atoms with Crippen LogP contribution in [-0.4, -0.2) is 39.8 Å². The highest BCUT2D eigenvalue weighted by Gasteiger charge is 2.57. The van der Waals surface area contributed by atoms with Crippen LogP contribution in [0.15, 0.2) is 67.1 Å². The number of rotatable bonds is 4. The van der Waals surface area contributed by atoms with E-state index in [-0.39, 0.29) is 11.9 Å². The number of carbonyl (C=O) groups excluding carboxylic acids is 2. The number of likely N-dealkylation sites (tertiary alicyclic amines) is 1. The van der Waals surface area contributed by atoms with E-state index in [1.165, 1.54) is 0 Å². The maximum Gasteiger partial charge on any atom is 0.341 e. The van der Waals surface area contributed by atoms with Crippen molar-refractivity contribution in [3.63, 3.8) is 0 Å². The first kappa shape index (κ1) is 19.9. The molecule has 0 radical (unpaired) electrons. The molecule has 6 rings (SSSR count). The summed E-state index contributed by atoms with van der Waals surface area (Å²) in [4.78, 5) is 36.2. The molecule has 1 atom stereocenters. The Bertz CT molecular complexity index is 1270. The third-order valence-electron chi connectivity index (χ3n) is 7.10. The van der Waals surface area contributed by atoms with Crippen molar-refractivity contribution in [1.29, 1.82) is 0 Å². The van der Waals surface area contributed by atoms with Crippen molar-refractivity contribution < 1.29 is 14.3 Å². The number of aromatic nitrogens is 2. The van der Waals surface area contributed by atoms with Crippen molar-refractivity contribution in [2.24, 2.45) is 0 Å². The summed E-state index contributed by atoms with van der Waals surface area (Å²) < 4.78 is 5.79. The Hall–Kier alpha value is -3.80. The SMILES string of the molecule is O=C1OC2(CCN(C(=O)C3(c4ccc(C=Cc5ccccn5)cc4)CC3)C2)c2ccncc21. The van der Waals surface area contributed by atoms with Crippen molar-refractivity contribution in [1.82, 2.24) is 14.9 Å². The average Bonchev–Trinajstić information content (AvgIpc) is 3.49. The van der Waals surface area contributed by atoms with E-state index in [9.17, 15) is 9.59 Å². The van der Waals surface area contributed by atoms with Crippen LogP contribution in [0.4, 0.5) is 0 Å². The van der Waals surface area contributed by atoms with Crippen LogP contribution in [-0.2, 0) is 20.5 Å². The monoisotopic (exact) mass is 437 g/mol. The number of ether oxygens (including phenoxy) is 1. The van der Waals surface area contributed by atoms with Crippen molar-refractivity contribution in [2.75, 3.05) is 13.1 Å². The van der Waals surface area contributed by atoms with E-state index in [2.05, 4.69) is 34.2 Å². The number of pyridine rings is 2. The van der Waals surface area contributed by atoms with Crippen LogP contribution in [0.1, 0.15) is 52.0 Å². The first-order chi connectivity index (χ1) is 16.1. The lowest BCUT2D eigenvalue weighted by Gasteiger charge is -2.27. The van der Waals surface area contributed by atoms with Gasteiger partial charge in [0.15, 0.2) is 5.60 Å². The van der Waals surface area contributed by atoms with Gasteiger partial charge in [0, 0.05) is 37.1 Å². The van der Waals surface area contributed by atoms with Crippen molar-refractivity contribution in [2.45, 2.75) is 30.3 Å². The molecule has 1 spiro atoms. The standard InChI is InChI=1S/C27H23N3O3/c31-24-22-17-28-15-10-23(22)27(33-24)13-16-30(18-27)25(32)26(11-12-26)20-7-4-19(5-8-20)6-9-21-3-1-2-14-29-21/h1-10,14-15,17H,11-13,16,18H2. The zero-order valence-electron chi connectivity index (χ0n) is 18.1. The molecular formula is C27H23N3O3. The Morgan fingerprint density at radius 1 is 1.00 bits per heavy atom. The van der Waals surface area contributed by atoms with E-state index < -0.39 is 11.0 Å². The maximum absolute atomic E-state index is 13.6. The van der Waals surface area contributed by atoms with Gasteiger partial charge in [0.1, 0.15) is 0 Å². The zero-order valence-corrected chi connectivity index (χ0v) is 18.1. The number of hydrogen-bond acceptors (Lipinski definition) is 5. The Balaban J connectivity index is 1.19. The minimum atomic E-state index is -0.735. The van der Waals surface area contributed by atoms with Gasteiger partial charge in [0.25, 0.3) is 0 Å². The summed E-state index contributed by atoms with van der Waals surface area (Å²) in [6.45, 7) is 0.988. The van der Waals surface area contributed by atoms with Gasteiger partial charge in [-0.15, -0.1) is 0 Å². The second-order valence-corrected chi connectivity index (χ2v) is 9.07. The molecule has 1 saturated heterocycles. The largest absolute Gasteiger partial charge is 0.449 e. The molecule has 2 aromatic heterocycles. The van der Waals surface area contributed by atoms with Gasteiger partial charge in [-0.1, -0.05) is 36.4 Å². The predicted octanol–water partition coefficient (Wildman–Crippen LogP) is 3.98. The molecule has 0 N–H and O–H groups in total. The van der Waals surface area contributed by atoms with E-state index in [4.69, 9.17) is 4.74 Å². The van der Waals surface area contributed by atoms with Gasteiger partial charge < -0.3 is 9.64 Å². The van der Waals surface area contributed by atoms with Crippen LogP contribution >= 0.6 is 0 Å². The van der Waals surface area contributed by atoms with Gasteiger partial charge in [-0.05, 0) is 48.2 Å². The lowest BCUT2D eigenvalue weighted by atomic mass is 9.92. The highest BCUT2D eigenvalue weighted by molar-refractivity contribution is 5.95. The molecule has 1 saturated carbocycles. The second-order valence-electron chi connectivity index (χ2n) is 9.07. The lowest BCUT2D eigenvalue weighted by molar-refractivity contribution is -0.134. The summed E-state index contributed by atoms with van der Waals surface area (Å²) in [5.41, 5.74) is 3.20. The Labute approximate surface area is 191 Å². The molecule has 6 nitrogen and oxygen atoms in total. The predicted molar refractivity (Wildman–Crippen MR) is 123 cm³/mol. The van der Waals surface area contributed by atoms with E-state index >= 15 is 0 Å². The van der Waals surface area contributed by atoms with Crippen LogP contribution in [0.5, 0.6) is 0 Å². The van der Waals surface area contributed by atoms with Gasteiger partial charge in [0.05, 0.1) is 23.2 Å². The lowest BCUT2D eigenvalue weighted by Crippen LogP contribution is -2.40. The molecule has 33 heavy (non-hydrogen) atoms. The number of carbonyl (C=O) groups is 2. The molecular weight excluding hydrogens is 414 g/mol. The van der Waals surface area contributed by atoms with Crippen LogP contribution in [0, 0.1) is 0 Å². The summed E-state index contributed by atoms with van der Waals surface area (Å²) in [6.07, 6.45) is 11.3. The number of fused-ring (bicyclic) bond motifs is 2. The summed E-state index contributed by atoms with van der Waals surface area (Å²) in [5, 5.41) is 0. The minimum absolute atomic E-state index is 0.134. The van der Waals surface area contributed by atoms with Crippen molar-refractivity contribution in [3.05, 3.63) is 95.1 Å². The smallest absolute Gasteiger partial charge is 0.341 e. The Kier molecular flexibility index (Phi) is 4.43. The number of hydrogen-bond donors (Lipinski definition) is 0. The molecule has 3 aromatic rings. The normalized spacial score (nSPS) is 22.5. The molecule has 1 aliphatic carbocycles. The minimum Gasteiger partial charge on any atom is -0.449 e. The first-order valence-corrected chi connectivity index (χ1v) is 11.3. The fourth-order valence-electron chi connectivity index (χ4n) is 5.12. The summed E-state index contributed by atoms with van der Waals surface area (Å²) in [5.74, 6) is -0.211. The molecule has 1 aromatic carbocycles. The van der Waals surface area contributed by atoms with E-state index in [1.54, 1.807) is 18.6 Å². The number of nitrogens with zero attached hydrogens (tertiary/aromatic N) is 3. The number of esters is 1. The molecule has 1 unspecified atom stereocenters. The van der Waals surface area contributed by atoms with Gasteiger partial charge in [-0.3, -0.25) is 14.8 Å². The van der Waals surface area contributed by atoms with Gasteiger partial charge in [-0.25, -0.2) is 4.79 Å². The number of amides is 1. The average molecular weight is 437 g/mol. The van der Waals surface area contributed by atoms with E-state index in [0.29, 0.717) is 25.1 Å². The van der Waals surface area contributed by atoms with Gasteiger partial charge in [-0.2, -0.15) is 0 Å². The summed E-state index contributed by atoms with van der Waals surface area (Å²) in [7, 11) is 0. The molecule has 3 aliphatic rings. The highest BCUT2D eigenvalue weighted by atomic mass is 16.6. The Morgan fingerprint density at radius 2 is 1.85 bits per heavy atom. The molecule has 0 bridgehead atoms. The zero-order chi connectivity index (χ0) is 22.5. The summed E-state index contributed by atoms with van der Waals surface area (Å²) >= 11 is 0. The Morgan fingerprint density at radius 3 is 2.61 bits per heavy atom. The van der Waals surface area contributed by atoms with Gasteiger partial charge >= 0.3 is 5.97 Å². The molecule has 2 fully saturated rings. The van der Waals surface area contributed by atoms with Crippen LogP contribution in [0.25, 0.3) is 12.2 Å². The molecule has 4 heterocycles. The summed E-state index contributed by atoms with van der Waals surface area (Å²) in [6, 6.07) is 15.9. The second kappa shape index (κ2) is 7.37. The topological polar surface area (TPSA) is 72.4 Å². The van der Waals surface area contributed by atoms with Crippen LogP contribution in [0.2, 0.25) is 0 Å². The van der Waals surface area contributed by atoms with E-state index in [0.717, 1.165) is 35.2 Å². The van der Waals surface area contributed by atoms with Crippen molar-refractivity contribution >= 4 is 24.0 Å². The molecule has 164 valence electrons. The maximum atomic E-state index is 13.6.